The molecule has 2 rings (SSSR count). The van der Waals surface area contributed by atoms with Crippen molar-refractivity contribution in [2.24, 2.45) is 0 Å². The molecule has 0 aromatic heterocycles. The zero-order valence-electron chi connectivity index (χ0n) is 17.0. The van der Waals surface area contributed by atoms with Crippen LogP contribution in [0, 0.1) is 6.92 Å². The summed E-state index contributed by atoms with van der Waals surface area (Å²) in [6, 6.07) is 13.4. The molecule has 2 aromatic rings. The number of benzene rings is 2. The minimum atomic E-state index is -3.72. The first-order valence-electron chi connectivity index (χ1n) is 9.14. The van der Waals surface area contributed by atoms with Crippen molar-refractivity contribution in [1.82, 2.24) is 5.32 Å². The van der Waals surface area contributed by atoms with Gasteiger partial charge in [0.25, 0.3) is 0 Å². The number of rotatable bonds is 9. The van der Waals surface area contributed by atoms with Crippen LogP contribution in [0.4, 0.5) is 5.69 Å². The Labute approximate surface area is 171 Å². The van der Waals surface area contributed by atoms with Gasteiger partial charge in [0.15, 0.2) is 5.78 Å². The molecular weight excluding hydrogens is 392 g/mol. The van der Waals surface area contributed by atoms with Crippen LogP contribution >= 0.6 is 0 Å². The van der Waals surface area contributed by atoms with Crippen molar-refractivity contribution in [2.75, 3.05) is 23.7 Å². The average Bonchev–Trinajstić information content (AvgIpc) is 2.65. The van der Waals surface area contributed by atoms with Crippen LogP contribution in [0.2, 0.25) is 0 Å². The fourth-order valence-electron chi connectivity index (χ4n) is 2.63. The topological polar surface area (TPSA) is 92.8 Å². The van der Waals surface area contributed by atoms with Gasteiger partial charge in [-0.15, -0.1) is 0 Å². The second kappa shape index (κ2) is 9.56. The van der Waals surface area contributed by atoms with Crippen LogP contribution in [0.3, 0.4) is 0 Å². The molecule has 0 aliphatic rings. The third-order valence-corrected chi connectivity index (χ3v) is 5.30. The highest BCUT2D eigenvalue weighted by atomic mass is 32.2. The maximum absolute atomic E-state index is 12.4. The fraction of sp³-hybridized carbons (Fsp3) is 0.333. The van der Waals surface area contributed by atoms with Gasteiger partial charge >= 0.3 is 0 Å². The molecule has 2 aromatic carbocycles. The van der Waals surface area contributed by atoms with E-state index in [2.05, 4.69) is 5.32 Å². The summed E-state index contributed by atoms with van der Waals surface area (Å²) in [5.74, 6) is 0.0331. The molecule has 1 N–H and O–H groups in total. The summed E-state index contributed by atoms with van der Waals surface area (Å²) in [6.45, 7) is 4.99. The number of ketones is 1. The Morgan fingerprint density at radius 3 is 2.38 bits per heavy atom. The third-order valence-electron chi connectivity index (χ3n) is 4.16. The minimum absolute atomic E-state index is 0.188. The first-order valence-corrected chi connectivity index (χ1v) is 11.0. The fourth-order valence-corrected chi connectivity index (χ4v) is 3.48. The SMILES string of the molecule is CC(=O)c1cccc(N(CC(=O)NC(C)COc2ccc(C)cc2)S(C)(=O)=O)c1. The number of hydrogen-bond acceptors (Lipinski definition) is 5. The Balaban J connectivity index is 2.02. The van der Waals surface area contributed by atoms with E-state index in [0.717, 1.165) is 16.1 Å². The molecule has 0 saturated heterocycles. The lowest BCUT2D eigenvalue weighted by Crippen LogP contribution is -2.44. The van der Waals surface area contributed by atoms with Gasteiger partial charge in [0, 0.05) is 5.56 Å². The van der Waals surface area contributed by atoms with E-state index in [1.165, 1.54) is 13.0 Å². The molecule has 1 atom stereocenters. The summed E-state index contributed by atoms with van der Waals surface area (Å²) < 4.78 is 31.0. The van der Waals surface area contributed by atoms with E-state index in [9.17, 15) is 18.0 Å². The average molecular weight is 419 g/mol. The standard InChI is InChI=1S/C21H26N2O5S/c1-15-8-10-20(11-9-15)28-14-16(2)22-21(25)13-23(29(4,26)27)19-7-5-6-18(12-19)17(3)24/h5-12,16H,13-14H2,1-4H3,(H,22,25). The predicted octanol–water partition coefficient (Wildman–Crippen LogP) is 2.55. The molecule has 0 aliphatic carbocycles. The van der Waals surface area contributed by atoms with Crippen LogP contribution < -0.4 is 14.4 Å². The van der Waals surface area contributed by atoms with Gasteiger partial charge in [-0.3, -0.25) is 13.9 Å². The van der Waals surface area contributed by atoms with Gasteiger partial charge in [0.05, 0.1) is 18.0 Å². The van der Waals surface area contributed by atoms with Crippen LogP contribution in [-0.2, 0) is 14.8 Å². The number of carbonyl (C=O) groups excluding carboxylic acids is 2. The predicted molar refractivity (Wildman–Crippen MR) is 113 cm³/mol. The Hall–Kier alpha value is -2.87. The molecule has 7 nitrogen and oxygen atoms in total. The van der Waals surface area contributed by atoms with Gasteiger partial charge in [-0.25, -0.2) is 8.42 Å². The van der Waals surface area contributed by atoms with Crippen molar-refractivity contribution >= 4 is 27.4 Å². The maximum atomic E-state index is 12.4. The number of Topliss-reactive ketones (excluding diaryl/α,β-unsaturated/α-hetero) is 1. The number of hydrogen-bond donors (Lipinski definition) is 1. The molecule has 1 unspecified atom stereocenters. The van der Waals surface area contributed by atoms with Gasteiger partial charge in [0.2, 0.25) is 15.9 Å². The van der Waals surface area contributed by atoms with Crippen molar-refractivity contribution < 1.29 is 22.7 Å². The number of nitrogens with one attached hydrogen (secondary N) is 1. The van der Waals surface area contributed by atoms with Crippen LogP contribution in [0.1, 0.15) is 29.8 Å². The number of ether oxygens (including phenoxy) is 1. The molecule has 0 heterocycles. The van der Waals surface area contributed by atoms with Crippen LogP contribution in [-0.4, -0.2) is 45.6 Å². The number of aryl methyl sites for hydroxylation is 1. The lowest BCUT2D eigenvalue weighted by Gasteiger charge is -2.23. The Kier molecular flexibility index (Phi) is 7.39. The first-order chi connectivity index (χ1) is 13.6. The highest BCUT2D eigenvalue weighted by molar-refractivity contribution is 7.92. The van der Waals surface area contributed by atoms with Crippen molar-refractivity contribution in [3.05, 3.63) is 59.7 Å². The molecule has 0 fully saturated rings. The molecule has 0 radical (unpaired) electrons. The van der Waals surface area contributed by atoms with Gasteiger partial charge in [-0.2, -0.15) is 0 Å². The number of nitrogens with zero attached hydrogens (tertiary/aromatic N) is 1. The van der Waals surface area contributed by atoms with E-state index in [0.29, 0.717) is 11.3 Å². The number of carbonyl (C=O) groups is 2. The normalized spacial score (nSPS) is 12.1. The smallest absolute Gasteiger partial charge is 0.241 e. The van der Waals surface area contributed by atoms with E-state index in [1.54, 1.807) is 25.1 Å². The molecule has 0 bridgehead atoms. The van der Waals surface area contributed by atoms with E-state index in [-0.39, 0.29) is 24.1 Å². The summed E-state index contributed by atoms with van der Waals surface area (Å²) in [5.41, 5.74) is 1.75. The van der Waals surface area contributed by atoms with Crippen molar-refractivity contribution in [1.29, 1.82) is 0 Å². The quantitative estimate of drug-likeness (QED) is 0.632. The van der Waals surface area contributed by atoms with Crippen LogP contribution in [0.5, 0.6) is 5.75 Å². The Morgan fingerprint density at radius 1 is 1.14 bits per heavy atom. The molecule has 1 amide bonds. The van der Waals surface area contributed by atoms with E-state index in [4.69, 9.17) is 4.74 Å². The molecule has 8 heteroatoms. The minimum Gasteiger partial charge on any atom is -0.491 e. The van der Waals surface area contributed by atoms with Gasteiger partial charge in [-0.1, -0.05) is 29.8 Å². The molecular formula is C21H26N2O5S. The number of sulfonamides is 1. The molecule has 0 aliphatic heterocycles. The Bertz CT molecular complexity index is 971. The third kappa shape index (κ3) is 6.90. The summed E-state index contributed by atoms with van der Waals surface area (Å²) in [4.78, 5) is 24.0. The zero-order chi connectivity index (χ0) is 21.6. The monoisotopic (exact) mass is 418 g/mol. The lowest BCUT2D eigenvalue weighted by molar-refractivity contribution is -0.120. The zero-order valence-corrected chi connectivity index (χ0v) is 17.8. The second-order valence-corrected chi connectivity index (χ2v) is 8.88. The van der Waals surface area contributed by atoms with E-state index >= 15 is 0 Å². The molecule has 0 saturated carbocycles. The second-order valence-electron chi connectivity index (χ2n) is 6.97. The highest BCUT2D eigenvalue weighted by Crippen LogP contribution is 2.19. The summed E-state index contributed by atoms with van der Waals surface area (Å²) in [7, 11) is -3.72. The molecule has 156 valence electrons. The lowest BCUT2D eigenvalue weighted by atomic mass is 10.1. The van der Waals surface area contributed by atoms with Gasteiger partial charge in [-0.05, 0) is 45.0 Å². The summed E-state index contributed by atoms with van der Waals surface area (Å²) >= 11 is 0. The number of anilines is 1. The Morgan fingerprint density at radius 2 is 1.79 bits per heavy atom. The molecule has 0 spiro atoms. The number of amides is 1. The van der Waals surface area contributed by atoms with Gasteiger partial charge in [0.1, 0.15) is 18.9 Å². The van der Waals surface area contributed by atoms with Crippen LogP contribution in [0.25, 0.3) is 0 Å². The first kappa shape index (κ1) is 22.4. The maximum Gasteiger partial charge on any atom is 0.241 e. The van der Waals surface area contributed by atoms with Crippen molar-refractivity contribution in [3.8, 4) is 5.75 Å². The summed E-state index contributed by atoms with van der Waals surface area (Å²) in [6.07, 6.45) is 1.02. The van der Waals surface area contributed by atoms with E-state index < -0.39 is 22.5 Å². The molecule has 29 heavy (non-hydrogen) atoms. The van der Waals surface area contributed by atoms with Crippen molar-refractivity contribution in [2.45, 2.75) is 26.8 Å². The van der Waals surface area contributed by atoms with Crippen molar-refractivity contribution in [3.63, 3.8) is 0 Å². The van der Waals surface area contributed by atoms with E-state index in [1.807, 2.05) is 31.2 Å². The summed E-state index contributed by atoms with van der Waals surface area (Å²) in [5, 5.41) is 2.73. The largest absolute Gasteiger partial charge is 0.491 e. The van der Waals surface area contributed by atoms with Gasteiger partial charge < -0.3 is 10.1 Å². The highest BCUT2D eigenvalue weighted by Gasteiger charge is 2.22. The van der Waals surface area contributed by atoms with Crippen LogP contribution in [0.15, 0.2) is 48.5 Å².